The third-order valence-electron chi connectivity index (χ3n) is 1.78. The van der Waals surface area contributed by atoms with Gasteiger partial charge >= 0.3 is 5.97 Å². The molecule has 0 spiro atoms. The summed E-state index contributed by atoms with van der Waals surface area (Å²) in [6.07, 6.45) is 0. The van der Waals surface area contributed by atoms with E-state index in [0.717, 1.165) is 4.47 Å². The Morgan fingerprint density at radius 2 is 2.25 bits per heavy atom. The van der Waals surface area contributed by atoms with Crippen molar-refractivity contribution in [2.24, 2.45) is 0 Å². The summed E-state index contributed by atoms with van der Waals surface area (Å²) in [5.74, 6) is -1.50. The molecule has 0 unspecified atom stereocenters. The zero-order valence-electron chi connectivity index (χ0n) is 7.65. The fraction of sp³-hybridized carbons (Fsp3) is 0. The lowest BCUT2D eigenvalue weighted by atomic mass is 10.2. The van der Waals surface area contributed by atoms with Gasteiger partial charge < -0.3 is 9.63 Å². The van der Waals surface area contributed by atoms with Crippen LogP contribution in [0.25, 0.3) is 11.5 Å². The summed E-state index contributed by atoms with van der Waals surface area (Å²) in [6.45, 7) is 0. The van der Waals surface area contributed by atoms with Crippen LogP contribution in [0.4, 0.5) is 0 Å². The molecule has 16 heavy (non-hydrogen) atoms. The van der Waals surface area contributed by atoms with Crippen LogP contribution in [0, 0.1) is 0 Å². The van der Waals surface area contributed by atoms with Crippen molar-refractivity contribution < 1.29 is 14.4 Å². The van der Waals surface area contributed by atoms with Crippen molar-refractivity contribution in [2.45, 2.75) is 0 Å². The molecule has 1 N–H and O–H groups in total. The molecule has 0 aliphatic rings. The lowest BCUT2D eigenvalue weighted by molar-refractivity contribution is 0.0680. The van der Waals surface area contributed by atoms with Gasteiger partial charge in [-0.1, -0.05) is 11.6 Å². The molecule has 0 saturated heterocycles. The van der Waals surface area contributed by atoms with Crippen LogP contribution in [0.5, 0.6) is 0 Å². The van der Waals surface area contributed by atoms with Gasteiger partial charge in [0.05, 0.1) is 5.02 Å². The van der Waals surface area contributed by atoms with Gasteiger partial charge in [-0.15, -0.1) is 0 Å². The summed E-state index contributed by atoms with van der Waals surface area (Å²) in [5, 5.41) is 12.4. The number of hydrogen-bond acceptors (Lipinski definition) is 4. The van der Waals surface area contributed by atoms with Crippen LogP contribution in [0.3, 0.4) is 0 Å². The predicted molar refractivity (Wildman–Crippen MR) is 59.4 cm³/mol. The molecule has 0 bridgehead atoms. The maximum atomic E-state index is 10.5. The third kappa shape index (κ3) is 2.07. The molecule has 5 nitrogen and oxygen atoms in total. The molecule has 0 radical (unpaired) electrons. The van der Waals surface area contributed by atoms with E-state index in [1.807, 2.05) is 0 Å². The Bertz CT molecular complexity index is 555. The third-order valence-corrected chi connectivity index (χ3v) is 3.02. The van der Waals surface area contributed by atoms with Gasteiger partial charge in [0.15, 0.2) is 0 Å². The topological polar surface area (TPSA) is 76.2 Å². The number of carbonyl (C=O) groups is 1. The summed E-state index contributed by atoms with van der Waals surface area (Å²) in [5.41, 5.74) is 0.563. The molecule has 0 aliphatic carbocycles. The minimum absolute atomic E-state index is 0.117. The van der Waals surface area contributed by atoms with E-state index in [1.165, 1.54) is 0 Å². The minimum atomic E-state index is -1.24. The van der Waals surface area contributed by atoms with Gasteiger partial charge in [-0.25, -0.2) is 4.79 Å². The number of rotatable bonds is 2. The Morgan fingerprint density at radius 1 is 1.50 bits per heavy atom. The molecule has 82 valence electrons. The van der Waals surface area contributed by atoms with Gasteiger partial charge in [-0.3, -0.25) is 0 Å². The molecular weight excluding hydrogens is 299 g/mol. The Balaban J connectivity index is 2.42. The second-order valence-corrected chi connectivity index (χ2v) is 4.12. The molecule has 0 fully saturated rings. The van der Waals surface area contributed by atoms with Gasteiger partial charge in [0.2, 0.25) is 0 Å². The molecule has 1 heterocycles. The molecular formula is C9H4BrClN2O3. The zero-order chi connectivity index (χ0) is 11.7. The molecule has 7 heteroatoms. The van der Waals surface area contributed by atoms with Crippen molar-refractivity contribution in [3.63, 3.8) is 0 Å². The number of aromatic nitrogens is 2. The summed E-state index contributed by atoms with van der Waals surface area (Å²) < 4.78 is 5.52. The summed E-state index contributed by atoms with van der Waals surface area (Å²) in [4.78, 5) is 14.2. The molecule has 1 aromatic heterocycles. The highest BCUT2D eigenvalue weighted by atomic mass is 79.9. The molecule has 0 amide bonds. The quantitative estimate of drug-likeness (QED) is 0.923. The van der Waals surface area contributed by atoms with Gasteiger partial charge in [0.25, 0.3) is 11.7 Å². The van der Waals surface area contributed by atoms with Gasteiger partial charge in [-0.2, -0.15) is 4.98 Å². The lowest BCUT2D eigenvalue weighted by Gasteiger charge is -1.97. The second kappa shape index (κ2) is 4.23. The SMILES string of the molecule is O=C(O)c1noc(-c2ccc(Br)c(Cl)c2)n1. The highest BCUT2D eigenvalue weighted by Gasteiger charge is 2.14. The lowest BCUT2D eigenvalue weighted by Crippen LogP contribution is -1.98. The zero-order valence-corrected chi connectivity index (χ0v) is 9.99. The molecule has 2 rings (SSSR count). The van der Waals surface area contributed by atoms with Crippen molar-refractivity contribution in [3.05, 3.63) is 33.5 Å². The maximum Gasteiger partial charge on any atom is 0.377 e. The van der Waals surface area contributed by atoms with E-state index in [0.29, 0.717) is 10.6 Å². The first-order valence-electron chi connectivity index (χ1n) is 4.10. The van der Waals surface area contributed by atoms with E-state index >= 15 is 0 Å². The molecule has 0 aliphatic heterocycles. The van der Waals surface area contributed by atoms with Gasteiger partial charge in [0, 0.05) is 10.0 Å². The van der Waals surface area contributed by atoms with Crippen molar-refractivity contribution >= 4 is 33.5 Å². The van der Waals surface area contributed by atoms with E-state index in [4.69, 9.17) is 21.2 Å². The fourth-order valence-electron chi connectivity index (χ4n) is 1.06. The Labute approximate surface area is 103 Å². The Hall–Kier alpha value is -1.40. The summed E-state index contributed by atoms with van der Waals surface area (Å²) in [7, 11) is 0. The van der Waals surface area contributed by atoms with Crippen LogP contribution in [0.2, 0.25) is 5.02 Å². The van der Waals surface area contributed by atoms with Crippen LogP contribution in [-0.4, -0.2) is 21.2 Å². The minimum Gasteiger partial charge on any atom is -0.475 e. The Morgan fingerprint density at radius 3 is 2.81 bits per heavy atom. The standard InChI is InChI=1S/C9H4BrClN2O3/c10-5-2-1-4(3-6(5)11)8-12-7(9(14)15)13-16-8/h1-3H,(H,14,15). The largest absolute Gasteiger partial charge is 0.475 e. The Kier molecular flexibility index (Phi) is 2.93. The number of carboxylic acid groups (broad SMARTS) is 1. The first kappa shape index (κ1) is 11.1. The normalized spacial score (nSPS) is 10.4. The molecule has 0 atom stereocenters. The average Bonchev–Trinajstić information content (AvgIpc) is 2.71. The van der Waals surface area contributed by atoms with Crippen LogP contribution >= 0.6 is 27.5 Å². The highest BCUT2D eigenvalue weighted by molar-refractivity contribution is 9.10. The van der Waals surface area contributed by atoms with E-state index in [1.54, 1.807) is 18.2 Å². The van der Waals surface area contributed by atoms with E-state index in [2.05, 4.69) is 26.1 Å². The van der Waals surface area contributed by atoms with Crippen molar-refractivity contribution in [2.75, 3.05) is 0 Å². The predicted octanol–water partition coefficient (Wildman–Crippen LogP) is 2.85. The maximum absolute atomic E-state index is 10.5. The number of hydrogen-bond donors (Lipinski definition) is 1. The van der Waals surface area contributed by atoms with Crippen molar-refractivity contribution in [1.82, 2.24) is 10.1 Å². The van der Waals surface area contributed by atoms with E-state index in [-0.39, 0.29) is 11.7 Å². The number of nitrogens with zero attached hydrogens (tertiary/aromatic N) is 2. The molecule has 1 aromatic carbocycles. The number of carboxylic acids is 1. The molecule has 2 aromatic rings. The first-order chi connectivity index (χ1) is 7.58. The second-order valence-electron chi connectivity index (χ2n) is 2.86. The molecule has 0 saturated carbocycles. The smallest absolute Gasteiger partial charge is 0.377 e. The van der Waals surface area contributed by atoms with Gasteiger partial charge in [0.1, 0.15) is 0 Å². The van der Waals surface area contributed by atoms with Crippen LogP contribution in [-0.2, 0) is 0 Å². The summed E-state index contributed by atoms with van der Waals surface area (Å²) in [6, 6.07) is 5.00. The summed E-state index contributed by atoms with van der Waals surface area (Å²) >= 11 is 9.12. The van der Waals surface area contributed by atoms with Gasteiger partial charge in [-0.05, 0) is 39.3 Å². The van der Waals surface area contributed by atoms with Crippen molar-refractivity contribution in [1.29, 1.82) is 0 Å². The number of halogens is 2. The number of aromatic carboxylic acids is 1. The van der Waals surface area contributed by atoms with Crippen LogP contribution in [0.15, 0.2) is 27.2 Å². The monoisotopic (exact) mass is 302 g/mol. The average molecular weight is 303 g/mol. The van der Waals surface area contributed by atoms with Crippen LogP contribution < -0.4 is 0 Å². The number of benzene rings is 1. The van der Waals surface area contributed by atoms with E-state index in [9.17, 15) is 4.79 Å². The van der Waals surface area contributed by atoms with E-state index < -0.39 is 5.97 Å². The first-order valence-corrected chi connectivity index (χ1v) is 5.27. The van der Waals surface area contributed by atoms with Crippen LogP contribution in [0.1, 0.15) is 10.6 Å². The highest BCUT2D eigenvalue weighted by Crippen LogP contribution is 2.27. The fourth-order valence-corrected chi connectivity index (χ4v) is 1.48. The van der Waals surface area contributed by atoms with Crippen molar-refractivity contribution in [3.8, 4) is 11.5 Å².